The van der Waals surface area contributed by atoms with Crippen LogP contribution in [0.3, 0.4) is 0 Å². The van der Waals surface area contributed by atoms with Crippen LogP contribution >= 0.6 is 11.6 Å². The van der Waals surface area contributed by atoms with Crippen LogP contribution in [0.2, 0.25) is 5.02 Å². The molecule has 8 nitrogen and oxygen atoms in total. The van der Waals surface area contributed by atoms with Gasteiger partial charge < -0.3 is 15.0 Å². The second-order valence-corrected chi connectivity index (χ2v) is 14.5. The molecule has 0 heterocycles. The lowest BCUT2D eigenvalue weighted by molar-refractivity contribution is -0.140. The molecule has 0 aromatic heterocycles. The van der Waals surface area contributed by atoms with Crippen molar-refractivity contribution < 1.29 is 22.7 Å². The van der Waals surface area contributed by atoms with Crippen LogP contribution in [0.25, 0.3) is 0 Å². The molecule has 1 aliphatic carbocycles. The molecule has 0 spiro atoms. The lowest BCUT2D eigenvalue weighted by Gasteiger charge is -2.35. The van der Waals surface area contributed by atoms with Gasteiger partial charge in [0.25, 0.3) is 10.0 Å². The molecule has 5 rings (SSSR count). The van der Waals surface area contributed by atoms with Gasteiger partial charge >= 0.3 is 0 Å². The number of halogens is 1. The molecule has 0 aliphatic heterocycles. The van der Waals surface area contributed by atoms with Crippen molar-refractivity contribution in [1.82, 2.24) is 10.2 Å². The zero-order valence-electron chi connectivity index (χ0n) is 27.3. The van der Waals surface area contributed by atoms with E-state index in [0.29, 0.717) is 16.5 Å². The quantitative estimate of drug-likeness (QED) is 0.164. The van der Waals surface area contributed by atoms with E-state index in [2.05, 4.69) is 5.32 Å². The fourth-order valence-corrected chi connectivity index (χ4v) is 7.67. The number of nitrogens with one attached hydrogen (secondary N) is 1. The molecule has 1 saturated carbocycles. The molecule has 2 amide bonds. The number of sulfonamides is 1. The highest BCUT2D eigenvalue weighted by Gasteiger charge is 2.35. The second-order valence-electron chi connectivity index (χ2n) is 12.2. The van der Waals surface area contributed by atoms with Crippen molar-refractivity contribution in [3.8, 4) is 5.75 Å². The number of aryl methyl sites for hydroxylation is 1. The molecule has 0 bridgehead atoms. The minimum absolute atomic E-state index is 0.00828. The first-order valence-corrected chi connectivity index (χ1v) is 18.1. The number of nitrogens with zero attached hydrogens (tertiary/aromatic N) is 2. The Labute approximate surface area is 288 Å². The third-order valence-electron chi connectivity index (χ3n) is 8.71. The van der Waals surface area contributed by atoms with Gasteiger partial charge in [-0.2, -0.15) is 0 Å². The Bertz CT molecular complexity index is 1780. The maximum Gasteiger partial charge on any atom is 0.264 e. The topological polar surface area (TPSA) is 96.0 Å². The number of carbonyl (C=O) groups is 2. The van der Waals surface area contributed by atoms with E-state index in [9.17, 15) is 18.0 Å². The largest absolute Gasteiger partial charge is 0.497 e. The summed E-state index contributed by atoms with van der Waals surface area (Å²) in [6.07, 6.45) is 5.22. The van der Waals surface area contributed by atoms with E-state index in [0.717, 1.165) is 53.1 Å². The molecule has 10 heteroatoms. The predicted molar refractivity (Wildman–Crippen MR) is 190 cm³/mol. The summed E-state index contributed by atoms with van der Waals surface area (Å²) < 4.78 is 34.9. The third kappa shape index (κ3) is 8.96. The SMILES string of the molecule is COc1ccc(S(=O)(=O)N(CC(=O)N(Cc2cccc(Cl)c2)[C@H](Cc2ccccc2)C(=O)NC2CCCCC2)c2ccc(C)cc2)cc1. The molecule has 4 aromatic rings. The van der Waals surface area contributed by atoms with Gasteiger partial charge in [-0.1, -0.05) is 91.0 Å². The lowest BCUT2D eigenvalue weighted by Crippen LogP contribution is -2.55. The molecule has 48 heavy (non-hydrogen) atoms. The highest BCUT2D eigenvalue weighted by atomic mass is 35.5. The van der Waals surface area contributed by atoms with E-state index in [1.54, 1.807) is 54.6 Å². The van der Waals surface area contributed by atoms with E-state index in [1.807, 2.05) is 43.3 Å². The Balaban J connectivity index is 1.56. The number of methoxy groups -OCH3 is 1. The van der Waals surface area contributed by atoms with Gasteiger partial charge in [-0.25, -0.2) is 8.42 Å². The molecule has 0 radical (unpaired) electrons. The van der Waals surface area contributed by atoms with Crippen LogP contribution in [-0.2, 0) is 32.6 Å². The normalized spacial score (nSPS) is 14.1. The Morgan fingerprint density at radius 2 is 1.54 bits per heavy atom. The van der Waals surface area contributed by atoms with Gasteiger partial charge in [-0.15, -0.1) is 0 Å². The maximum absolute atomic E-state index is 14.7. The fourth-order valence-electron chi connectivity index (χ4n) is 6.04. The minimum atomic E-state index is -4.22. The Morgan fingerprint density at radius 3 is 2.19 bits per heavy atom. The van der Waals surface area contributed by atoms with Gasteiger partial charge in [-0.3, -0.25) is 13.9 Å². The molecule has 1 aliphatic rings. The first-order chi connectivity index (χ1) is 23.1. The number of hydrogen-bond acceptors (Lipinski definition) is 5. The number of ether oxygens (including phenoxy) is 1. The highest BCUT2D eigenvalue weighted by Crippen LogP contribution is 2.27. The Morgan fingerprint density at radius 1 is 0.875 bits per heavy atom. The lowest BCUT2D eigenvalue weighted by atomic mass is 9.94. The molecule has 1 atom stereocenters. The summed E-state index contributed by atoms with van der Waals surface area (Å²) in [6, 6.07) is 28.8. The summed E-state index contributed by atoms with van der Waals surface area (Å²) in [4.78, 5) is 30.4. The number of benzene rings is 4. The summed E-state index contributed by atoms with van der Waals surface area (Å²) in [5.41, 5.74) is 2.88. The van der Waals surface area contributed by atoms with Crippen LogP contribution in [0.15, 0.2) is 108 Å². The number of amides is 2. The molecule has 0 unspecified atom stereocenters. The number of hydrogen-bond donors (Lipinski definition) is 1. The first-order valence-electron chi connectivity index (χ1n) is 16.3. The molecule has 4 aromatic carbocycles. The smallest absolute Gasteiger partial charge is 0.264 e. The monoisotopic (exact) mass is 687 g/mol. The fraction of sp³-hybridized carbons (Fsp3) is 0.316. The van der Waals surface area contributed by atoms with Gasteiger partial charge in [0.1, 0.15) is 18.3 Å². The summed E-state index contributed by atoms with van der Waals surface area (Å²) in [7, 11) is -2.71. The number of carbonyl (C=O) groups excluding carboxylic acids is 2. The average Bonchev–Trinajstić information content (AvgIpc) is 3.10. The van der Waals surface area contributed by atoms with E-state index >= 15 is 0 Å². The standard InChI is InChI=1S/C38H42ClN3O5S/c1-28-16-18-33(19-17-28)42(48(45,46)35-22-20-34(47-2)21-23-35)27-37(43)41(26-30-12-9-13-31(39)24-30)36(25-29-10-5-3-6-11-29)38(44)40-32-14-7-4-8-15-32/h3,5-6,9-13,16-24,32,36H,4,7-8,14-15,25-27H2,1-2H3,(H,40,44)/t36-/m1/s1. The molecule has 252 valence electrons. The zero-order chi connectivity index (χ0) is 34.1. The van der Waals surface area contributed by atoms with Crippen LogP contribution in [0, 0.1) is 6.92 Å². The van der Waals surface area contributed by atoms with E-state index in [-0.39, 0.29) is 29.8 Å². The van der Waals surface area contributed by atoms with E-state index in [4.69, 9.17) is 16.3 Å². The molecular formula is C38H42ClN3O5S. The summed E-state index contributed by atoms with van der Waals surface area (Å²) in [5, 5.41) is 3.72. The van der Waals surface area contributed by atoms with Crippen molar-refractivity contribution in [2.24, 2.45) is 0 Å². The Kier molecular flexibility index (Phi) is 11.8. The maximum atomic E-state index is 14.7. The first kappa shape index (κ1) is 35.0. The van der Waals surface area contributed by atoms with Gasteiger partial charge in [0.2, 0.25) is 11.8 Å². The zero-order valence-corrected chi connectivity index (χ0v) is 28.9. The third-order valence-corrected chi connectivity index (χ3v) is 10.7. The number of rotatable bonds is 13. The predicted octanol–water partition coefficient (Wildman–Crippen LogP) is 6.94. The Hall–Kier alpha value is -4.34. The molecule has 0 saturated heterocycles. The average molecular weight is 688 g/mol. The van der Waals surface area contributed by atoms with Crippen LogP contribution < -0.4 is 14.4 Å². The van der Waals surface area contributed by atoms with Crippen molar-refractivity contribution in [2.45, 2.75) is 69.0 Å². The van der Waals surface area contributed by atoms with Crippen LogP contribution in [0.4, 0.5) is 5.69 Å². The number of anilines is 1. The van der Waals surface area contributed by atoms with Crippen molar-refractivity contribution >= 4 is 39.1 Å². The van der Waals surface area contributed by atoms with Crippen molar-refractivity contribution in [3.63, 3.8) is 0 Å². The van der Waals surface area contributed by atoms with E-state index in [1.165, 1.54) is 24.1 Å². The van der Waals surface area contributed by atoms with Crippen LogP contribution in [0.5, 0.6) is 5.75 Å². The van der Waals surface area contributed by atoms with Crippen molar-refractivity contribution in [3.05, 3.63) is 125 Å². The van der Waals surface area contributed by atoms with Crippen molar-refractivity contribution in [1.29, 1.82) is 0 Å². The summed E-state index contributed by atoms with van der Waals surface area (Å²) in [5.74, 6) is -0.277. The van der Waals surface area contributed by atoms with Crippen LogP contribution in [0.1, 0.15) is 48.8 Å². The second kappa shape index (κ2) is 16.2. The minimum Gasteiger partial charge on any atom is -0.497 e. The highest BCUT2D eigenvalue weighted by molar-refractivity contribution is 7.92. The summed E-state index contributed by atoms with van der Waals surface area (Å²) in [6.45, 7) is 1.43. The van der Waals surface area contributed by atoms with E-state index < -0.39 is 28.5 Å². The summed E-state index contributed by atoms with van der Waals surface area (Å²) >= 11 is 6.36. The molecular weight excluding hydrogens is 646 g/mol. The van der Waals surface area contributed by atoms with Crippen molar-refractivity contribution in [2.75, 3.05) is 18.0 Å². The van der Waals surface area contributed by atoms with Gasteiger partial charge in [0.05, 0.1) is 17.7 Å². The molecule has 1 N–H and O–H groups in total. The molecule has 1 fully saturated rings. The van der Waals surface area contributed by atoms with Gasteiger partial charge in [0.15, 0.2) is 0 Å². The van der Waals surface area contributed by atoms with Gasteiger partial charge in [-0.05, 0) is 79.4 Å². The van der Waals surface area contributed by atoms with Gasteiger partial charge in [0, 0.05) is 24.0 Å². The van der Waals surface area contributed by atoms with Crippen LogP contribution in [-0.4, -0.2) is 50.9 Å².